The summed E-state index contributed by atoms with van der Waals surface area (Å²) in [6.07, 6.45) is 2.94. The van der Waals surface area contributed by atoms with Gasteiger partial charge in [0.15, 0.2) is 0 Å². The van der Waals surface area contributed by atoms with E-state index in [1.807, 2.05) is 0 Å². The average Bonchev–Trinajstić information content (AvgIpc) is 2.31. The average molecular weight is 249 g/mol. The van der Waals surface area contributed by atoms with Gasteiger partial charge in [0.2, 0.25) is 0 Å². The first-order valence-electron chi connectivity index (χ1n) is 6.71. The fourth-order valence-corrected chi connectivity index (χ4v) is 2.04. The number of benzene rings is 1. The van der Waals surface area contributed by atoms with Crippen LogP contribution in [0.3, 0.4) is 0 Å². The molecule has 0 spiro atoms. The summed E-state index contributed by atoms with van der Waals surface area (Å²) in [5.41, 5.74) is 10.2. The highest BCUT2D eigenvalue weighted by Crippen LogP contribution is 2.19. The van der Waals surface area contributed by atoms with Crippen molar-refractivity contribution in [3.8, 4) is 0 Å². The van der Waals surface area contributed by atoms with Crippen LogP contribution in [-0.4, -0.2) is 18.8 Å². The molecule has 0 amide bonds. The topological polar surface area (TPSA) is 35.2 Å². The van der Waals surface area contributed by atoms with E-state index in [2.05, 4.69) is 45.9 Å². The molecule has 1 aromatic carbocycles. The van der Waals surface area contributed by atoms with Crippen LogP contribution in [-0.2, 0) is 11.2 Å². The van der Waals surface area contributed by atoms with Gasteiger partial charge in [-0.25, -0.2) is 0 Å². The zero-order valence-electron chi connectivity index (χ0n) is 12.4. The van der Waals surface area contributed by atoms with Crippen molar-refractivity contribution in [1.82, 2.24) is 0 Å². The minimum Gasteiger partial charge on any atom is -0.379 e. The molecule has 1 rings (SSSR count). The predicted octanol–water partition coefficient (Wildman–Crippen LogP) is 3.38. The lowest BCUT2D eigenvalue weighted by Gasteiger charge is -2.24. The fourth-order valence-electron chi connectivity index (χ4n) is 2.04. The van der Waals surface area contributed by atoms with Gasteiger partial charge in [-0.05, 0) is 58.1 Å². The zero-order chi connectivity index (χ0) is 13.8. The van der Waals surface area contributed by atoms with E-state index in [1.165, 1.54) is 16.7 Å². The van der Waals surface area contributed by atoms with Gasteiger partial charge in [0, 0.05) is 13.2 Å². The Kier molecular flexibility index (Phi) is 5.36. The van der Waals surface area contributed by atoms with Crippen LogP contribution in [0.15, 0.2) is 18.2 Å². The fraction of sp³-hybridized carbons (Fsp3) is 0.625. The molecule has 18 heavy (non-hydrogen) atoms. The van der Waals surface area contributed by atoms with Crippen molar-refractivity contribution in [2.75, 3.05) is 7.11 Å². The van der Waals surface area contributed by atoms with Gasteiger partial charge in [0.25, 0.3) is 0 Å². The van der Waals surface area contributed by atoms with Crippen molar-refractivity contribution < 1.29 is 4.74 Å². The van der Waals surface area contributed by atoms with Crippen LogP contribution >= 0.6 is 0 Å². The Hall–Kier alpha value is -0.860. The summed E-state index contributed by atoms with van der Waals surface area (Å²) in [6, 6.07) is 6.78. The molecule has 0 aliphatic carbocycles. The molecule has 2 N–H and O–H groups in total. The predicted molar refractivity (Wildman–Crippen MR) is 77.9 cm³/mol. The second-order valence-electron chi connectivity index (χ2n) is 5.90. The lowest BCUT2D eigenvalue weighted by atomic mass is 9.93. The monoisotopic (exact) mass is 249 g/mol. The summed E-state index contributed by atoms with van der Waals surface area (Å²) in [6.45, 7) is 8.50. The molecule has 1 aromatic rings. The molecule has 0 aromatic heterocycles. The second-order valence-corrected chi connectivity index (χ2v) is 5.90. The van der Waals surface area contributed by atoms with E-state index in [-0.39, 0.29) is 11.6 Å². The summed E-state index contributed by atoms with van der Waals surface area (Å²) < 4.78 is 5.43. The van der Waals surface area contributed by atoms with Gasteiger partial charge >= 0.3 is 0 Å². The van der Waals surface area contributed by atoms with Gasteiger partial charge in [0.05, 0.1) is 5.60 Å². The van der Waals surface area contributed by atoms with E-state index >= 15 is 0 Å². The Morgan fingerprint density at radius 2 is 1.94 bits per heavy atom. The van der Waals surface area contributed by atoms with Gasteiger partial charge in [-0.3, -0.25) is 0 Å². The standard InChI is InChI=1S/C16H27NO/c1-12-6-7-13(2)14(10-12)11-15(17)8-9-16(3,4)18-5/h6-7,10,15H,8-9,11,17H2,1-5H3. The Bertz CT molecular complexity index is 385. The van der Waals surface area contributed by atoms with Crippen LogP contribution in [0.4, 0.5) is 0 Å². The van der Waals surface area contributed by atoms with E-state index in [1.54, 1.807) is 7.11 Å². The molecule has 102 valence electrons. The summed E-state index contributed by atoms with van der Waals surface area (Å²) in [5, 5.41) is 0. The molecule has 1 unspecified atom stereocenters. The molecule has 0 bridgehead atoms. The van der Waals surface area contributed by atoms with Gasteiger partial charge in [0.1, 0.15) is 0 Å². The maximum absolute atomic E-state index is 6.23. The van der Waals surface area contributed by atoms with Crippen LogP contribution in [0.1, 0.15) is 43.4 Å². The van der Waals surface area contributed by atoms with Crippen molar-refractivity contribution in [1.29, 1.82) is 0 Å². The summed E-state index contributed by atoms with van der Waals surface area (Å²) >= 11 is 0. The van der Waals surface area contributed by atoms with Crippen molar-refractivity contribution >= 4 is 0 Å². The number of nitrogens with two attached hydrogens (primary N) is 1. The third-order valence-electron chi connectivity index (χ3n) is 3.66. The Labute approximate surface area is 112 Å². The molecule has 2 nitrogen and oxygen atoms in total. The van der Waals surface area contributed by atoms with E-state index in [9.17, 15) is 0 Å². The normalized spacial score (nSPS) is 13.7. The van der Waals surface area contributed by atoms with Crippen molar-refractivity contribution in [3.05, 3.63) is 34.9 Å². The van der Waals surface area contributed by atoms with Gasteiger partial charge in [-0.1, -0.05) is 23.8 Å². The third-order valence-corrected chi connectivity index (χ3v) is 3.66. The Balaban J connectivity index is 2.54. The van der Waals surface area contributed by atoms with E-state index in [0.717, 1.165) is 19.3 Å². The van der Waals surface area contributed by atoms with E-state index < -0.39 is 0 Å². The van der Waals surface area contributed by atoms with Crippen molar-refractivity contribution in [2.24, 2.45) is 5.73 Å². The molecule has 1 atom stereocenters. The maximum Gasteiger partial charge on any atom is 0.0623 e. The zero-order valence-corrected chi connectivity index (χ0v) is 12.4. The van der Waals surface area contributed by atoms with Crippen LogP contribution in [0.25, 0.3) is 0 Å². The highest BCUT2D eigenvalue weighted by molar-refractivity contribution is 5.31. The maximum atomic E-state index is 6.23. The lowest BCUT2D eigenvalue weighted by Crippen LogP contribution is -2.29. The number of hydrogen-bond donors (Lipinski definition) is 1. The lowest BCUT2D eigenvalue weighted by molar-refractivity contribution is 0.0125. The summed E-state index contributed by atoms with van der Waals surface area (Å²) in [7, 11) is 1.76. The third kappa shape index (κ3) is 4.79. The number of rotatable bonds is 6. The SMILES string of the molecule is COC(C)(C)CCC(N)Cc1cc(C)ccc1C. The molecule has 0 radical (unpaired) electrons. The number of methoxy groups -OCH3 is 1. The van der Waals surface area contributed by atoms with Crippen LogP contribution in [0.5, 0.6) is 0 Å². The first-order chi connectivity index (χ1) is 8.34. The minimum absolute atomic E-state index is 0.0702. The van der Waals surface area contributed by atoms with Crippen molar-refractivity contribution in [3.63, 3.8) is 0 Å². The quantitative estimate of drug-likeness (QED) is 0.839. The number of ether oxygens (including phenoxy) is 1. The minimum atomic E-state index is -0.0702. The molecular weight excluding hydrogens is 222 g/mol. The molecule has 0 aliphatic rings. The Morgan fingerprint density at radius 3 is 2.56 bits per heavy atom. The van der Waals surface area contributed by atoms with Crippen LogP contribution < -0.4 is 5.73 Å². The van der Waals surface area contributed by atoms with E-state index in [0.29, 0.717) is 0 Å². The van der Waals surface area contributed by atoms with Gasteiger partial charge in [-0.2, -0.15) is 0 Å². The smallest absolute Gasteiger partial charge is 0.0623 e. The van der Waals surface area contributed by atoms with Crippen LogP contribution in [0, 0.1) is 13.8 Å². The van der Waals surface area contributed by atoms with Gasteiger partial charge in [-0.15, -0.1) is 0 Å². The number of hydrogen-bond acceptors (Lipinski definition) is 2. The molecule has 2 heteroatoms. The Morgan fingerprint density at radius 1 is 1.28 bits per heavy atom. The highest BCUT2D eigenvalue weighted by atomic mass is 16.5. The molecule has 0 saturated heterocycles. The highest BCUT2D eigenvalue weighted by Gasteiger charge is 2.18. The van der Waals surface area contributed by atoms with Gasteiger partial charge < -0.3 is 10.5 Å². The largest absolute Gasteiger partial charge is 0.379 e. The van der Waals surface area contributed by atoms with Crippen LogP contribution in [0.2, 0.25) is 0 Å². The second kappa shape index (κ2) is 6.35. The molecule has 0 fully saturated rings. The summed E-state index contributed by atoms with van der Waals surface area (Å²) in [4.78, 5) is 0. The van der Waals surface area contributed by atoms with Crippen molar-refractivity contribution in [2.45, 2.75) is 58.6 Å². The molecule has 0 heterocycles. The molecule has 0 aliphatic heterocycles. The first-order valence-corrected chi connectivity index (χ1v) is 6.71. The molecular formula is C16H27NO. The molecule has 0 saturated carbocycles. The first kappa shape index (κ1) is 15.2. The summed E-state index contributed by atoms with van der Waals surface area (Å²) in [5.74, 6) is 0. The van der Waals surface area contributed by atoms with E-state index in [4.69, 9.17) is 10.5 Å². The number of aryl methyl sites for hydroxylation is 2.